The predicted octanol–water partition coefficient (Wildman–Crippen LogP) is 2.82. The van der Waals surface area contributed by atoms with Crippen molar-refractivity contribution in [3.05, 3.63) is 41.7 Å². The first kappa shape index (κ1) is 17.5. The summed E-state index contributed by atoms with van der Waals surface area (Å²) >= 11 is 0. The Morgan fingerprint density at radius 1 is 1.24 bits per heavy atom. The number of nitrogens with one attached hydrogen (secondary N) is 2. The van der Waals surface area contributed by atoms with Crippen LogP contribution < -0.4 is 10.6 Å². The Balaban J connectivity index is 1.48. The Morgan fingerprint density at radius 2 is 2.04 bits per heavy atom. The van der Waals surface area contributed by atoms with Gasteiger partial charge in [0.15, 0.2) is 0 Å². The summed E-state index contributed by atoms with van der Waals surface area (Å²) in [5, 5.41) is 14.7. The highest BCUT2D eigenvalue weighted by Gasteiger charge is 2.19. The lowest BCUT2D eigenvalue weighted by atomic mass is 10.2. The molecule has 1 amide bonds. The first-order valence-corrected chi connectivity index (χ1v) is 8.84. The molecule has 3 rings (SSSR count). The number of carbonyl (C=O) groups excluding carboxylic acids is 1. The van der Waals surface area contributed by atoms with Crippen molar-refractivity contribution in [3.8, 4) is 0 Å². The molecule has 134 valence electrons. The highest BCUT2D eigenvalue weighted by Crippen LogP contribution is 2.18. The van der Waals surface area contributed by atoms with E-state index < -0.39 is 0 Å². The van der Waals surface area contributed by atoms with Crippen LogP contribution in [0, 0.1) is 5.82 Å². The zero-order valence-electron chi connectivity index (χ0n) is 14.5. The summed E-state index contributed by atoms with van der Waals surface area (Å²) in [5.41, 5.74) is 0.599. The van der Waals surface area contributed by atoms with Gasteiger partial charge in [-0.1, -0.05) is 6.42 Å². The number of nitrogens with zero attached hydrogens (tertiary/aromatic N) is 3. The summed E-state index contributed by atoms with van der Waals surface area (Å²) in [4.78, 5) is 12.0. The summed E-state index contributed by atoms with van der Waals surface area (Å²) in [7, 11) is 0. The molecule has 6 nitrogen and oxygen atoms in total. The lowest BCUT2D eigenvalue weighted by Crippen LogP contribution is -2.26. The van der Waals surface area contributed by atoms with E-state index in [2.05, 4.69) is 25.4 Å². The molecule has 2 aromatic rings. The summed E-state index contributed by atoms with van der Waals surface area (Å²) in [6, 6.07) is 5.79. The zero-order chi connectivity index (χ0) is 17.6. The van der Waals surface area contributed by atoms with Gasteiger partial charge in [0.1, 0.15) is 17.5 Å². The van der Waals surface area contributed by atoms with Gasteiger partial charge in [0, 0.05) is 31.6 Å². The molecule has 7 heteroatoms. The average molecular weight is 345 g/mol. The molecule has 1 aliphatic rings. The van der Waals surface area contributed by atoms with Crippen LogP contribution in [0.2, 0.25) is 0 Å². The minimum Gasteiger partial charge on any atom is -0.326 e. The number of carbonyl (C=O) groups is 1. The van der Waals surface area contributed by atoms with Crippen LogP contribution in [0.5, 0.6) is 0 Å². The van der Waals surface area contributed by atoms with Crippen LogP contribution in [0.4, 0.5) is 10.1 Å². The van der Waals surface area contributed by atoms with Gasteiger partial charge in [-0.05, 0) is 44.0 Å². The van der Waals surface area contributed by atoms with Crippen molar-refractivity contribution in [3.63, 3.8) is 0 Å². The Labute approximate surface area is 146 Å². The van der Waals surface area contributed by atoms with Crippen molar-refractivity contribution in [1.29, 1.82) is 0 Å². The molecule has 0 unspecified atom stereocenters. The normalized spacial score (nSPS) is 15.3. The molecule has 1 aliphatic heterocycles. The van der Waals surface area contributed by atoms with Crippen molar-refractivity contribution in [2.75, 3.05) is 11.9 Å². The third-order valence-electron chi connectivity index (χ3n) is 4.46. The number of amides is 1. The molecule has 0 saturated heterocycles. The molecule has 2 N–H and O–H groups in total. The van der Waals surface area contributed by atoms with Crippen LogP contribution >= 0.6 is 0 Å². The van der Waals surface area contributed by atoms with E-state index >= 15 is 0 Å². The summed E-state index contributed by atoms with van der Waals surface area (Å²) in [6.07, 6.45) is 4.88. The third kappa shape index (κ3) is 4.63. The fourth-order valence-corrected chi connectivity index (χ4v) is 3.08. The predicted molar refractivity (Wildman–Crippen MR) is 93.6 cm³/mol. The summed E-state index contributed by atoms with van der Waals surface area (Å²) in [6.45, 7) is 3.55. The molecular formula is C18H24FN5O. The van der Waals surface area contributed by atoms with Crippen LogP contribution in [0.25, 0.3) is 0 Å². The van der Waals surface area contributed by atoms with Gasteiger partial charge in [0.2, 0.25) is 5.91 Å². The lowest BCUT2D eigenvalue weighted by molar-refractivity contribution is -0.116. The fraction of sp³-hybridized carbons (Fsp3) is 0.500. The number of hydrogen-bond donors (Lipinski definition) is 2. The van der Waals surface area contributed by atoms with Crippen molar-refractivity contribution in [2.45, 2.75) is 51.6 Å². The molecular weight excluding hydrogens is 321 g/mol. The van der Waals surface area contributed by atoms with E-state index in [1.54, 1.807) is 12.1 Å². The second-order valence-corrected chi connectivity index (χ2v) is 6.42. The maximum atomic E-state index is 12.9. The van der Waals surface area contributed by atoms with Crippen molar-refractivity contribution >= 4 is 11.6 Å². The summed E-state index contributed by atoms with van der Waals surface area (Å²) in [5.74, 6) is 1.58. The molecule has 2 heterocycles. The molecule has 0 bridgehead atoms. The van der Waals surface area contributed by atoms with E-state index in [9.17, 15) is 9.18 Å². The number of aromatic nitrogens is 3. The van der Waals surface area contributed by atoms with Gasteiger partial charge in [-0.15, -0.1) is 10.2 Å². The second-order valence-electron chi connectivity index (χ2n) is 6.42. The number of aryl methyl sites for hydroxylation is 1. The maximum absolute atomic E-state index is 12.9. The highest BCUT2D eigenvalue weighted by atomic mass is 19.1. The van der Waals surface area contributed by atoms with Crippen molar-refractivity contribution in [2.24, 2.45) is 0 Å². The molecule has 1 atom stereocenters. The lowest BCUT2D eigenvalue weighted by Gasteiger charge is -2.15. The number of rotatable bonds is 6. The van der Waals surface area contributed by atoms with Crippen LogP contribution in [0.1, 0.15) is 50.3 Å². The van der Waals surface area contributed by atoms with Crippen LogP contribution in [-0.2, 0) is 17.8 Å². The number of halogens is 1. The average Bonchev–Trinajstić information content (AvgIpc) is 2.85. The van der Waals surface area contributed by atoms with E-state index in [0.717, 1.165) is 31.0 Å². The first-order valence-electron chi connectivity index (χ1n) is 8.84. The molecule has 0 spiro atoms. The van der Waals surface area contributed by atoms with E-state index in [0.29, 0.717) is 18.7 Å². The van der Waals surface area contributed by atoms with E-state index in [1.165, 1.54) is 25.0 Å². The van der Waals surface area contributed by atoms with E-state index in [-0.39, 0.29) is 17.8 Å². The SMILES string of the molecule is C[C@@H](NCCC(=O)Nc1ccc(F)cc1)c1nnc2n1CCCCC2. The van der Waals surface area contributed by atoms with E-state index in [4.69, 9.17) is 0 Å². The van der Waals surface area contributed by atoms with Crippen LogP contribution in [-0.4, -0.2) is 27.2 Å². The molecule has 0 fully saturated rings. The standard InChI is InChI=1S/C18H24FN5O/c1-13(18-23-22-16-5-3-2-4-12-24(16)18)20-11-10-17(25)21-15-8-6-14(19)7-9-15/h6-9,13,20H,2-5,10-12H2,1H3,(H,21,25)/t13-/m1/s1. The van der Waals surface area contributed by atoms with Gasteiger partial charge >= 0.3 is 0 Å². The quantitative estimate of drug-likeness (QED) is 0.844. The molecule has 1 aromatic carbocycles. The van der Waals surface area contributed by atoms with Gasteiger partial charge in [-0.25, -0.2) is 4.39 Å². The van der Waals surface area contributed by atoms with Gasteiger partial charge in [-0.3, -0.25) is 4.79 Å². The fourth-order valence-electron chi connectivity index (χ4n) is 3.08. The van der Waals surface area contributed by atoms with Gasteiger partial charge in [0.05, 0.1) is 6.04 Å². The van der Waals surface area contributed by atoms with Gasteiger partial charge in [0.25, 0.3) is 0 Å². The Kier molecular flexibility index (Phi) is 5.75. The van der Waals surface area contributed by atoms with Gasteiger partial charge < -0.3 is 15.2 Å². The smallest absolute Gasteiger partial charge is 0.225 e. The minimum absolute atomic E-state index is 0.0398. The van der Waals surface area contributed by atoms with Crippen LogP contribution in [0.15, 0.2) is 24.3 Å². The maximum Gasteiger partial charge on any atom is 0.225 e. The first-order chi connectivity index (χ1) is 12.1. The molecule has 1 aromatic heterocycles. The Hall–Kier alpha value is -2.28. The molecule has 0 aliphatic carbocycles. The van der Waals surface area contributed by atoms with Gasteiger partial charge in [-0.2, -0.15) is 0 Å². The van der Waals surface area contributed by atoms with Crippen LogP contribution in [0.3, 0.4) is 0 Å². The number of benzene rings is 1. The Morgan fingerprint density at radius 3 is 2.84 bits per heavy atom. The Bertz CT molecular complexity index is 713. The van der Waals surface area contributed by atoms with Crippen molar-refractivity contribution < 1.29 is 9.18 Å². The minimum atomic E-state index is -0.319. The topological polar surface area (TPSA) is 71.8 Å². The molecule has 25 heavy (non-hydrogen) atoms. The second kappa shape index (κ2) is 8.20. The zero-order valence-corrected chi connectivity index (χ0v) is 14.5. The monoisotopic (exact) mass is 345 g/mol. The molecule has 0 saturated carbocycles. The number of anilines is 1. The summed E-state index contributed by atoms with van der Waals surface area (Å²) < 4.78 is 15.1. The van der Waals surface area contributed by atoms with E-state index in [1.807, 2.05) is 6.92 Å². The number of hydrogen-bond acceptors (Lipinski definition) is 4. The highest BCUT2D eigenvalue weighted by molar-refractivity contribution is 5.90. The molecule has 0 radical (unpaired) electrons. The third-order valence-corrected chi connectivity index (χ3v) is 4.46. The largest absolute Gasteiger partial charge is 0.326 e. The van der Waals surface area contributed by atoms with Crippen molar-refractivity contribution in [1.82, 2.24) is 20.1 Å². The number of fused-ring (bicyclic) bond motifs is 1.